The minimum atomic E-state index is -0.000648. The third-order valence-corrected chi connectivity index (χ3v) is 3.01. The summed E-state index contributed by atoms with van der Waals surface area (Å²) in [5.74, 6) is -0.000648. The summed E-state index contributed by atoms with van der Waals surface area (Å²) in [7, 11) is 0. The average molecular weight is 215 g/mol. The van der Waals surface area contributed by atoms with Gasteiger partial charge in [0, 0.05) is 32.7 Å². The zero-order valence-electron chi connectivity index (χ0n) is 9.39. The Labute approximate surface area is 96.7 Å². The SMILES string of the molecule is N#CC(CN1CCNCC1)c1ccccc1. The molecule has 1 heterocycles. The highest BCUT2D eigenvalue weighted by Gasteiger charge is 2.16. The van der Waals surface area contributed by atoms with Crippen LogP contribution in [0.2, 0.25) is 0 Å². The van der Waals surface area contributed by atoms with Crippen molar-refractivity contribution in [3.63, 3.8) is 0 Å². The molecule has 2 rings (SSSR count). The first-order valence-electron chi connectivity index (χ1n) is 5.78. The number of hydrogen-bond acceptors (Lipinski definition) is 3. The molecule has 0 amide bonds. The van der Waals surface area contributed by atoms with Crippen molar-refractivity contribution in [2.75, 3.05) is 32.7 Å². The fourth-order valence-corrected chi connectivity index (χ4v) is 2.06. The van der Waals surface area contributed by atoms with E-state index < -0.39 is 0 Å². The highest BCUT2D eigenvalue weighted by atomic mass is 15.2. The lowest BCUT2D eigenvalue weighted by Crippen LogP contribution is -2.44. The van der Waals surface area contributed by atoms with Crippen LogP contribution in [0.4, 0.5) is 0 Å². The number of nitrogens with zero attached hydrogens (tertiary/aromatic N) is 2. The monoisotopic (exact) mass is 215 g/mol. The van der Waals surface area contributed by atoms with Gasteiger partial charge in [0.05, 0.1) is 12.0 Å². The summed E-state index contributed by atoms with van der Waals surface area (Å²) in [6, 6.07) is 12.5. The third kappa shape index (κ3) is 2.82. The van der Waals surface area contributed by atoms with Crippen LogP contribution in [0.15, 0.2) is 30.3 Å². The molecule has 1 aromatic rings. The van der Waals surface area contributed by atoms with Crippen molar-refractivity contribution in [3.05, 3.63) is 35.9 Å². The van der Waals surface area contributed by atoms with Crippen LogP contribution < -0.4 is 5.32 Å². The summed E-state index contributed by atoms with van der Waals surface area (Å²) >= 11 is 0. The van der Waals surface area contributed by atoms with Crippen molar-refractivity contribution in [1.82, 2.24) is 10.2 Å². The number of rotatable bonds is 3. The van der Waals surface area contributed by atoms with Gasteiger partial charge in [0.1, 0.15) is 0 Å². The van der Waals surface area contributed by atoms with Crippen LogP contribution in [0.25, 0.3) is 0 Å². The maximum absolute atomic E-state index is 9.22. The quantitative estimate of drug-likeness (QED) is 0.823. The maximum Gasteiger partial charge on any atom is 0.0839 e. The van der Waals surface area contributed by atoms with Crippen molar-refractivity contribution in [2.45, 2.75) is 5.92 Å². The van der Waals surface area contributed by atoms with Crippen LogP contribution in [0.5, 0.6) is 0 Å². The van der Waals surface area contributed by atoms with E-state index in [0.717, 1.165) is 38.3 Å². The summed E-state index contributed by atoms with van der Waals surface area (Å²) in [6.45, 7) is 5.01. The van der Waals surface area contributed by atoms with Gasteiger partial charge in [-0.05, 0) is 5.56 Å². The van der Waals surface area contributed by atoms with Gasteiger partial charge < -0.3 is 5.32 Å². The predicted octanol–water partition coefficient (Wildman–Crippen LogP) is 1.20. The van der Waals surface area contributed by atoms with Gasteiger partial charge in [0.2, 0.25) is 0 Å². The van der Waals surface area contributed by atoms with Crippen molar-refractivity contribution < 1.29 is 0 Å². The van der Waals surface area contributed by atoms with E-state index in [9.17, 15) is 5.26 Å². The fourth-order valence-electron chi connectivity index (χ4n) is 2.06. The van der Waals surface area contributed by atoms with Gasteiger partial charge in [-0.3, -0.25) is 4.90 Å². The van der Waals surface area contributed by atoms with Gasteiger partial charge in [0.25, 0.3) is 0 Å². The van der Waals surface area contributed by atoms with E-state index in [0.29, 0.717) is 0 Å². The molecule has 3 heteroatoms. The van der Waals surface area contributed by atoms with E-state index in [1.807, 2.05) is 30.3 Å². The van der Waals surface area contributed by atoms with Crippen molar-refractivity contribution in [1.29, 1.82) is 5.26 Å². The largest absolute Gasteiger partial charge is 0.314 e. The molecule has 0 spiro atoms. The molecule has 1 saturated heterocycles. The highest BCUT2D eigenvalue weighted by Crippen LogP contribution is 2.16. The van der Waals surface area contributed by atoms with Gasteiger partial charge >= 0.3 is 0 Å². The van der Waals surface area contributed by atoms with E-state index in [2.05, 4.69) is 16.3 Å². The third-order valence-electron chi connectivity index (χ3n) is 3.01. The molecule has 1 atom stereocenters. The lowest BCUT2D eigenvalue weighted by molar-refractivity contribution is 0.237. The summed E-state index contributed by atoms with van der Waals surface area (Å²) in [5, 5.41) is 12.5. The van der Waals surface area contributed by atoms with Crippen molar-refractivity contribution >= 4 is 0 Å². The zero-order chi connectivity index (χ0) is 11.2. The Balaban J connectivity index is 1.98. The molecule has 16 heavy (non-hydrogen) atoms. The van der Waals surface area contributed by atoms with Crippen molar-refractivity contribution in [3.8, 4) is 6.07 Å². The Kier molecular flexibility index (Phi) is 3.92. The molecule has 1 fully saturated rings. The Bertz CT molecular complexity index is 349. The lowest BCUT2D eigenvalue weighted by Gasteiger charge is -2.28. The van der Waals surface area contributed by atoms with Gasteiger partial charge in [-0.1, -0.05) is 30.3 Å². The molecule has 0 aliphatic carbocycles. The topological polar surface area (TPSA) is 39.1 Å². The molecule has 1 unspecified atom stereocenters. The second kappa shape index (κ2) is 5.64. The summed E-state index contributed by atoms with van der Waals surface area (Å²) in [4.78, 5) is 2.36. The van der Waals surface area contributed by atoms with Crippen molar-refractivity contribution in [2.24, 2.45) is 0 Å². The molecule has 0 radical (unpaired) electrons. The molecule has 84 valence electrons. The molecular weight excluding hydrogens is 198 g/mol. The molecular formula is C13H17N3. The smallest absolute Gasteiger partial charge is 0.0839 e. The first kappa shape index (κ1) is 11.1. The second-order valence-electron chi connectivity index (χ2n) is 4.14. The predicted molar refractivity (Wildman–Crippen MR) is 64.1 cm³/mol. The van der Waals surface area contributed by atoms with Crippen LogP contribution in [0.1, 0.15) is 11.5 Å². The molecule has 1 aromatic carbocycles. The number of nitriles is 1. The van der Waals surface area contributed by atoms with E-state index in [-0.39, 0.29) is 5.92 Å². The Morgan fingerprint density at radius 2 is 1.94 bits per heavy atom. The van der Waals surface area contributed by atoms with E-state index in [1.165, 1.54) is 0 Å². The molecule has 0 bridgehead atoms. The van der Waals surface area contributed by atoms with Gasteiger partial charge in [-0.25, -0.2) is 0 Å². The van der Waals surface area contributed by atoms with Crippen LogP contribution in [-0.2, 0) is 0 Å². The molecule has 0 saturated carbocycles. The second-order valence-corrected chi connectivity index (χ2v) is 4.14. The van der Waals surface area contributed by atoms with E-state index in [1.54, 1.807) is 0 Å². The van der Waals surface area contributed by atoms with Crippen LogP contribution in [-0.4, -0.2) is 37.6 Å². The molecule has 3 nitrogen and oxygen atoms in total. The standard InChI is InChI=1S/C13H17N3/c14-10-13(12-4-2-1-3-5-12)11-16-8-6-15-7-9-16/h1-5,13,15H,6-9,11H2. The first-order chi connectivity index (χ1) is 7.90. The van der Waals surface area contributed by atoms with Gasteiger partial charge in [-0.2, -0.15) is 5.26 Å². The Morgan fingerprint density at radius 1 is 1.25 bits per heavy atom. The lowest BCUT2D eigenvalue weighted by atomic mass is 10.00. The minimum Gasteiger partial charge on any atom is -0.314 e. The Hall–Kier alpha value is -1.37. The van der Waals surface area contributed by atoms with Crippen LogP contribution in [0.3, 0.4) is 0 Å². The fraction of sp³-hybridized carbons (Fsp3) is 0.462. The number of piperazine rings is 1. The number of hydrogen-bond donors (Lipinski definition) is 1. The first-order valence-corrected chi connectivity index (χ1v) is 5.78. The number of benzene rings is 1. The molecule has 1 aliphatic rings. The summed E-state index contributed by atoms with van der Waals surface area (Å²) in [5.41, 5.74) is 1.13. The molecule has 0 aromatic heterocycles. The van der Waals surface area contributed by atoms with Crippen LogP contribution >= 0.6 is 0 Å². The van der Waals surface area contributed by atoms with Crippen LogP contribution in [0, 0.1) is 11.3 Å². The molecule has 1 N–H and O–H groups in total. The van der Waals surface area contributed by atoms with Gasteiger partial charge in [0.15, 0.2) is 0 Å². The summed E-state index contributed by atoms with van der Waals surface area (Å²) in [6.07, 6.45) is 0. The number of nitrogens with one attached hydrogen (secondary N) is 1. The van der Waals surface area contributed by atoms with Gasteiger partial charge in [-0.15, -0.1) is 0 Å². The highest BCUT2D eigenvalue weighted by molar-refractivity contribution is 5.25. The minimum absolute atomic E-state index is 0.000648. The average Bonchev–Trinajstić information content (AvgIpc) is 2.38. The maximum atomic E-state index is 9.22. The Morgan fingerprint density at radius 3 is 2.56 bits per heavy atom. The van der Waals surface area contributed by atoms with E-state index >= 15 is 0 Å². The normalized spacial score (nSPS) is 18.9. The molecule has 1 aliphatic heterocycles. The van der Waals surface area contributed by atoms with E-state index in [4.69, 9.17) is 0 Å². The zero-order valence-corrected chi connectivity index (χ0v) is 9.39. The summed E-state index contributed by atoms with van der Waals surface area (Å²) < 4.78 is 0.